The SMILES string of the molecule is Cc1ccccc1NC(=O)CC(C)S(=O)(=O)c1ccc2c(c1)NC(=O)C(C)S2. The summed E-state index contributed by atoms with van der Waals surface area (Å²) < 4.78 is 25.8. The molecule has 0 aliphatic carbocycles. The summed E-state index contributed by atoms with van der Waals surface area (Å²) in [4.78, 5) is 25.1. The maximum atomic E-state index is 12.9. The van der Waals surface area contributed by atoms with Gasteiger partial charge < -0.3 is 10.6 Å². The van der Waals surface area contributed by atoms with E-state index in [1.165, 1.54) is 30.8 Å². The van der Waals surface area contributed by atoms with Crippen molar-refractivity contribution >= 4 is 44.8 Å². The highest BCUT2D eigenvalue weighted by Crippen LogP contribution is 2.37. The topological polar surface area (TPSA) is 92.3 Å². The van der Waals surface area contributed by atoms with Crippen LogP contribution in [-0.2, 0) is 19.4 Å². The van der Waals surface area contributed by atoms with Crippen LogP contribution in [0, 0.1) is 6.92 Å². The van der Waals surface area contributed by atoms with Gasteiger partial charge in [0.1, 0.15) is 0 Å². The van der Waals surface area contributed by atoms with Crippen molar-refractivity contribution in [2.45, 2.75) is 47.5 Å². The van der Waals surface area contributed by atoms with E-state index in [-0.39, 0.29) is 28.4 Å². The fraction of sp³-hybridized carbons (Fsp3) is 0.300. The van der Waals surface area contributed by atoms with Crippen molar-refractivity contribution in [2.24, 2.45) is 0 Å². The second-order valence-corrected chi connectivity index (χ2v) is 10.6. The lowest BCUT2D eigenvalue weighted by molar-refractivity contribution is -0.116. The molecule has 0 bridgehead atoms. The van der Waals surface area contributed by atoms with E-state index in [0.717, 1.165) is 10.5 Å². The lowest BCUT2D eigenvalue weighted by atomic mass is 10.2. The number of aryl methyl sites for hydroxylation is 1. The minimum absolute atomic E-state index is 0.0953. The van der Waals surface area contributed by atoms with Crippen molar-refractivity contribution in [3.05, 3.63) is 48.0 Å². The van der Waals surface area contributed by atoms with Gasteiger partial charge in [-0.15, -0.1) is 11.8 Å². The van der Waals surface area contributed by atoms with Gasteiger partial charge in [-0.2, -0.15) is 0 Å². The molecule has 0 radical (unpaired) electrons. The van der Waals surface area contributed by atoms with Crippen molar-refractivity contribution in [3.8, 4) is 0 Å². The summed E-state index contributed by atoms with van der Waals surface area (Å²) in [5, 5.41) is 4.37. The van der Waals surface area contributed by atoms with Crippen LogP contribution in [-0.4, -0.2) is 30.7 Å². The summed E-state index contributed by atoms with van der Waals surface area (Å²) in [7, 11) is -3.72. The molecule has 1 heterocycles. The molecular formula is C20H22N2O4S2. The molecule has 0 spiro atoms. The molecular weight excluding hydrogens is 396 g/mol. The Morgan fingerprint density at radius 1 is 1.25 bits per heavy atom. The summed E-state index contributed by atoms with van der Waals surface area (Å²) >= 11 is 1.39. The Bertz CT molecular complexity index is 1030. The number of carbonyl (C=O) groups is 2. The van der Waals surface area contributed by atoms with Crippen molar-refractivity contribution in [1.29, 1.82) is 0 Å². The van der Waals surface area contributed by atoms with Crippen LogP contribution in [0.25, 0.3) is 0 Å². The quantitative estimate of drug-likeness (QED) is 0.774. The van der Waals surface area contributed by atoms with Crippen LogP contribution >= 0.6 is 11.8 Å². The van der Waals surface area contributed by atoms with Crippen LogP contribution in [0.2, 0.25) is 0 Å². The molecule has 1 aliphatic heterocycles. The van der Waals surface area contributed by atoms with Crippen molar-refractivity contribution < 1.29 is 18.0 Å². The lowest BCUT2D eigenvalue weighted by Crippen LogP contribution is -2.27. The molecule has 148 valence electrons. The zero-order chi connectivity index (χ0) is 20.5. The molecule has 2 atom stereocenters. The summed E-state index contributed by atoms with van der Waals surface area (Å²) in [6.07, 6.45) is -0.161. The molecule has 3 rings (SSSR count). The molecule has 2 aromatic rings. The number of hydrogen-bond donors (Lipinski definition) is 2. The molecule has 6 nitrogen and oxygen atoms in total. The Balaban J connectivity index is 1.75. The lowest BCUT2D eigenvalue weighted by Gasteiger charge is -2.22. The molecule has 28 heavy (non-hydrogen) atoms. The van der Waals surface area contributed by atoms with Gasteiger partial charge in [-0.05, 0) is 50.6 Å². The Morgan fingerprint density at radius 2 is 1.96 bits per heavy atom. The number of amides is 2. The van der Waals surface area contributed by atoms with Crippen LogP contribution in [0.15, 0.2) is 52.3 Å². The second kappa shape index (κ2) is 7.97. The summed E-state index contributed by atoms with van der Waals surface area (Å²) in [5.74, 6) is -0.515. The smallest absolute Gasteiger partial charge is 0.237 e. The first kappa shape index (κ1) is 20.4. The molecule has 2 aromatic carbocycles. The van der Waals surface area contributed by atoms with E-state index in [1.807, 2.05) is 25.1 Å². The van der Waals surface area contributed by atoms with Gasteiger partial charge in [0.15, 0.2) is 9.84 Å². The largest absolute Gasteiger partial charge is 0.326 e. The van der Waals surface area contributed by atoms with Crippen LogP contribution in [0.5, 0.6) is 0 Å². The van der Waals surface area contributed by atoms with Crippen molar-refractivity contribution in [1.82, 2.24) is 0 Å². The Hall–Kier alpha value is -2.32. The van der Waals surface area contributed by atoms with E-state index in [4.69, 9.17) is 0 Å². The highest BCUT2D eigenvalue weighted by atomic mass is 32.2. The van der Waals surface area contributed by atoms with Crippen molar-refractivity contribution in [2.75, 3.05) is 10.6 Å². The predicted molar refractivity (Wildman–Crippen MR) is 111 cm³/mol. The third-order valence-electron chi connectivity index (χ3n) is 4.63. The summed E-state index contributed by atoms with van der Waals surface area (Å²) in [6, 6.07) is 12.0. The Morgan fingerprint density at radius 3 is 2.68 bits per heavy atom. The second-order valence-electron chi connectivity index (χ2n) is 6.83. The highest BCUT2D eigenvalue weighted by Gasteiger charge is 2.29. The number of rotatable bonds is 5. The fourth-order valence-electron chi connectivity index (χ4n) is 2.88. The number of anilines is 2. The highest BCUT2D eigenvalue weighted by molar-refractivity contribution is 8.01. The molecule has 0 saturated heterocycles. The molecule has 2 amide bonds. The van der Waals surface area contributed by atoms with Gasteiger partial charge in [-0.3, -0.25) is 9.59 Å². The van der Waals surface area contributed by atoms with Crippen LogP contribution < -0.4 is 10.6 Å². The van der Waals surface area contributed by atoms with Crippen molar-refractivity contribution in [3.63, 3.8) is 0 Å². The average molecular weight is 419 g/mol. The third kappa shape index (κ3) is 4.23. The predicted octanol–water partition coefficient (Wildman–Crippen LogP) is 3.62. The molecule has 0 fully saturated rings. The first-order chi connectivity index (χ1) is 13.2. The number of fused-ring (bicyclic) bond motifs is 1. The zero-order valence-corrected chi connectivity index (χ0v) is 17.5. The summed E-state index contributed by atoms with van der Waals surface area (Å²) in [5.41, 5.74) is 2.06. The van der Waals surface area contributed by atoms with E-state index in [9.17, 15) is 18.0 Å². The number of hydrogen-bond acceptors (Lipinski definition) is 5. The zero-order valence-electron chi connectivity index (χ0n) is 15.9. The van der Waals surface area contributed by atoms with Crippen LogP contribution in [0.1, 0.15) is 25.8 Å². The van der Waals surface area contributed by atoms with E-state index in [2.05, 4.69) is 10.6 Å². The van der Waals surface area contributed by atoms with Crippen LogP contribution in [0.4, 0.5) is 11.4 Å². The molecule has 2 N–H and O–H groups in total. The Kier molecular flexibility index (Phi) is 5.81. The maximum Gasteiger partial charge on any atom is 0.237 e. The normalized spacial score (nSPS) is 17.4. The average Bonchev–Trinajstić information content (AvgIpc) is 2.64. The van der Waals surface area contributed by atoms with E-state index in [0.29, 0.717) is 11.4 Å². The van der Waals surface area contributed by atoms with E-state index >= 15 is 0 Å². The first-order valence-corrected chi connectivity index (χ1v) is 11.3. The van der Waals surface area contributed by atoms with E-state index < -0.39 is 15.1 Å². The number of nitrogens with one attached hydrogen (secondary N) is 2. The number of thioether (sulfide) groups is 1. The van der Waals surface area contributed by atoms with Gasteiger partial charge in [0.05, 0.1) is 21.1 Å². The third-order valence-corrected chi connectivity index (χ3v) is 7.95. The molecule has 0 aromatic heterocycles. The van der Waals surface area contributed by atoms with E-state index in [1.54, 1.807) is 19.1 Å². The number of sulfone groups is 1. The van der Waals surface area contributed by atoms with Gasteiger partial charge in [0.2, 0.25) is 11.8 Å². The first-order valence-electron chi connectivity index (χ1n) is 8.89. The summed E-state index contributed by atoms with van der Waals surface area (Å²) in [6.45, 7) is 5.18. The number of benzene rings is 2. The minimum atomic E-state index is -3.72. The number of para-hydroxylation sites is 1. The molecule has 1 aliphatic rings. The fourth-order valence-corrected chi connectivity index (χ4v) is 5.19. The Labute approximate surface area is 169 Å². The van der Waals surface area contributed by atoms with Gasteiger partial charge >= 0.3 is 0 Å². The molecule has 2 unspecified atom stereocenters. The maximum absolute atomic E-state index is 12.9. The standard InChI is InChI=1S/C20H22N2O4S2/c1-12-6-4-5-7-16(12)21-19(23)10-13(2)28(25,26)15-8-9-18-17(11-15)22-20(24)14(3)27-18/h4-9,11,13-14H,10H2,1-3H3,(H,21,23)(H,22,24). The molecule has 0 saturated carbocycles. The van der Waals surface area contributed by atoms with Gasteiger partial charge in [-0.1, -0.05) is 18.2 Å². The van der Waals surface area contributed by atoms with Gasteiger partial charge in [0, 0.05) is 17.0 Å². The van der Waals surface area contributed by atoms with Gasteiger partial charge in [0.25, 0.3) is 0 Å². The van der Waals surface area contributed by atoms with Gasteiger partial charge in [-0.25, -0.2) is 8.42 Å². The molecule has 8 heteroatoms. The number of carbonyl (C=O) groups excluding carboxylic acids is 2. The minimum Gasteiger partial charge on any atom is -0.326 e. The monoisotopic (exact) mass is 418 g/mol. The van der Waals surface area contributed by atoms with Crippen LogP contribution in [0.3, 0.4) is 0 Å².